The molecule has 0 bridgehead atoms. The van der Waals surface area contributed by atoms with Crippen LogP contribution in [0.15, 0.2) is 12.3 Å². The third-order valence-corrected chi connectivity index (χ3v) is 2.94. The molecule has 14 heavy (non-hydrogen) atoms. The van der Waals surface area contributed by atoms with Gasteiger partial charge in [-0.3, -0.25) is 0 Å². The number of ether oxygens (including phenoxy) is 1. The SMILES string of the molecule is COc1nccc2snc(C(C)C)c12. The van der Waals surface area contributed by atoms with E-state index < -0.39 is 0 Å². The monoisotopic (exact) mass is 208 g/mol. The van der Waals surface area contributed by atoms with Gasteiger partial charge in [-0.05, 0) is 23.5 Å². The molecule has 2 aromatic heterocycles. The van der Waals surface area contributed by atoms with Crippen molar-refractivity contribution in [2.45, 2.75) is 19.8 Å². The number of rotatable bonds is 2. The molecular weight excluding hydrogens is 196 g/mol. The number of nitrogens with zero attached hydrogens (tertiary/aromatic N) is 2. The first-order chi connectivity index (χ1) is 6.74. The second kappa shape index (κ2) is 3.53. The van der Waals surface area contributed by atoms with Gasteiger partial charge in [0.2, 0.25) is 5.88 Å². The van der Waals surface area contributed by atoms with E-state index in [0.717, 1.165) is 15.8 Å². The predicted octanol–water partition coefficient (Wildman–Crippen LogP) is 2.82. The summed E-state index contributed by atoms with van der Waals surface area (Å²) in [5, 5.41) is 1.06. The Morgan fingerprint density at radius 1 is 1.43 bits per heavy atom. The Kier molecular flexibility index (Phi) is 2.37. The van der Waals surface area contributed by atoms with Crippen LogP contribution in [0.5, 0.6) is 5.88 Å². The molecule has 3 nitrogen and oxygen atoms in total. The molecule has 0 fully saturated rings. The topological polar surface area (TPSA) is 35.0 Å². The van der Waals surface area contributed by atoms with Gasteiger partial charge in [0.25, 0.3) is 0 Å². The van der Waals surface area contributed by atoms with Crippen LogP contribution < -0.4 is 4.74 Å². The zero-order chi connectivity index (χ0) is 10.1. The Hall–Kier alpha value is -1.16. The summed E-state index contributed by atoms with van der Waals surface area (Å²) in [6.45, 7) is 4.25. The first-order valence-electron chi connectivity index (χ1n) is 4.52. The average Bonchev–Trinajstić information content (AvgIpc) is 2.60. The lowest BCUT2D eigenvalue weighted by Gasteiger charge is -2.04. The van der Waals surface area contributed by atoms with Crippen molar-refractivity contribution in [2.24, 2.45) is 0 Å². The van der Waals surface area contributed by atoms with Crippen LogP contribution in [0, 0.1) is 0 Å². The van der Waals surface area contributed by atoms with E-state index >= 15 is 0 Å². The minimum absolute atomic E-state index is 0.404. The molecule has 0 aliphatic heterocycles. The van der Waals surface area contributed by atoms with Gasteiger partial charge in [0.15, 0.2) is 0 Å². The third kappa shape index (κ3) is 1.35. The molecule has 74 valence electrons. The first-order valence-corrected chi connectivity index (χ1v) is 5.29. The van der Waals surface area contributed by atoms with Gasteiger partial charge in [0, 0.05) is 6.20 Å². The molecule has 0 saturated heterocycles. The summed E-state index contributed by atoms with van der Waals surface area (Å²) in [5.74, 6) is 1.08. The zero-order valence-electron chi connectivity index (χ0n) is 8.44. The van der Waals surface area contributed by atoms with Gasteiger partial charge in [-0.25, -0.2) is 4.98 Å². The minimum Gasteiger partial charge on any atom is -0.480 e. The number of methoxy groups -OCH3 is 1. The van der Waals surface area contributed by atoms with Crippen molar-refractivity contribution in [3.8, 4) is 5.88 Å². The molecule has 0 atom stereocenters. The maximum absolute atomic E-state index is 5.23. The first kappa shape index (κ1) is 9.40. The molecule has 0 aliphatic rings. The Morgan fingerprint density at radius 2 is 2.21 bits per heavy atom. The van der Waals surface area contributed by atoms with Gasteiger partial charge in [0.1, 0.15) is 0 Å². The van der Waals surface area contributed by atoms with Gasteiger partial charge in [-0.2, -0.15) is 4.37 Å². The summed E-state index contributed by atoms with van der Waals surface area (Å²) in [6.07, 6.45) is 1.75. The highest BCUT2D eigenvalue weighted by Gasteiger charge is 2.14. The van der Waals surface area contributed by atoms with Crippen molar-refractivity contribution in [3.05, 3.63) is 18.0 Å². The lowest BCUT2D eigenvalue weighted by atomic mass is 10.1. The molecule has 0 spiro atoms. The fourth-order valence-corrected chi connectivity index (χ4v) is 2.33. The highest BCUT2D eigenvalue weighted by atomic mass is 32.1. The normalized spacial score (nSPS) is 11.1. The summed E-state index contributed by atoms with van der Waals surface area (Å²) < 4.78 is 10.8. The third-order valence-electron chi connectivity index (χ3n) is 2.12. The molecule has 0 saturated carbocycles. The molecular formula is C10H12N2OS. The van der Waals surface area contributed by atoms with Crippen LogP contribution in [0.2, 0.25) is 0 Å². The van der Waals surface area contributed by atoms with Crippen LogP contribution in [0.4, 0.5) is 0 Å². The van der Waals surface area contributed by atoms with E-state index in [-0.39, 0.29) is 0 Å². The molecule has 0 aliphatic carbocycles. The molecule has 2 rings (SSSR count). The van der Waals surface area contributed by atoms with Crippen LogP contribution in [-0.4, -0.2) is 16.5 Å². The van der Waals surface area contributed by atoms with Gasteiger partial charge in [-0.1, -0.05) is 13.8 Å². The van der Waals surface area contributed by atoms with E-state index in [4.69, 9.17) is 4.74 Å². The number of fused-ring (bicyclic) bond motifs is 1. The second-order valence-corrected chi connectivity index (χ2v) is 4.22. The zero-order valence-corrected chi connectivity index (χ0v) is 9.26. The fourth-order valence-electron chi connectivity index (χ4n) is 1.43. The van der Waals surface area contributed by atoms with Crippen LogP contribution >= 0.6 is 11.5 Å². The summed E-state index contributed by atoms with van der Waals surface area (Å²) in [7, 11) is 1.64. The number of aromatic nitrogens is 2. The van der Waals surface area contributed by atoms with Gasteiger partial charge in [-0.15, -0.1) is 0 Å². The fraction of sp³-hybridized carbons (Fsp3) is 0.400. The van der Waals surface area contributed by atoms with E-state index in [0.29, 0.717) is 11.8 Å². The van der Waals surface area contributed by atoms with E-state index in [1.165, 1.54) is 11.5 Å². The highest BCUT2D eigenvalue weighted by Crippen LogP contribution is 2.33. The molecule has 0 amide bonds. The minimum atomic E-state index is 0.404. The van der Waals surface area contributed by atoms with Crippen LogP contribution in [0.25, 0.3) is 10.1 Å². The molecule has 0 unspecified atom stereocenters. The lowest BCUT2D eigenvalue weighted by molar-refractivity contribution is 0.403. The van der Waals surface area contributed by atoms with Crippen molar-refractivity contribution in [3.63, 3.8) is 0 Å². The predicted molar refractivity (Wildman–Crippen MR) is 58.1 cm³/mol. The Bertz CT molecular complexity index is 450. The van der Waals surface area contributed by atoms with Crippen LogP contribution in [-0.2, 0) is 0 Å². The van der Waals surface area contributed by atoms with Crippen molar-refractivity contribution in [1.82, 2.24) is 9.36 Å². The maximum Gasteiger partial charge on any atom is 0.223 e. The summed E-state index contributed by atoms with van der Waals surface area (Å²) >= 11 is 1.50. The van der Waals surface area contributed by atoms with Crippen molar-refractivity contribution in [2.75, 3.05) is 7.11 Å². The molecule has 0 aromatic carbocycles. The quantitative estimate of drug-likeness (QED) is 0.761. The standard InChI is InChI=1S/C10H12N2OS/c1-6(2)9-8-7(14-12-9)4-5-11-10(8)13-3/h4-6H,1-3H3. The number of hydrogen-bond donors (Lipinski definition) is 0. The molecule has 0 N–H and O–H groups in total. The van der Waals surface area contributed by atoms with E-state index in [1.54, 1.807) is 13.3 Å². The second-order valence-electron chi connectivity index (χ2n) is 3.42. The summed E-state index contributed by atoms with van der Waals surface area (Å²) in [5.41, 5.74) is 1.08. The largest absolute Gasteiger partial charge is 0.480 e. The lowest BCUT2D eigenvalue weighted by Crippen LogP contribution is -1.92. The number of hydrogen-bond acceptors (Lipinski definition) is 4. The molecule has 0 radical (unpaired) electrons. The van der Waals surface area contributed by atoms with Crippen LogP contribution in [0.3, 0.4) is 0 Å². The molecule has 2 heterocycles. The molecule has 2 aromatic rings. The van der Waals surface area contributed by atoms with Crippen molar-refractivity contribution >= 4 is 21.6 Å². The summed E-state index contributed by atoms with van der Waals surface area (Å²) in [4.78, 5) is 4.19. The Labute approximate surface area is 86.9 Å². The van der Waals surface area contributed by atoms with Gasteiger partial charge in [0.05, 0.1) is 22.9 Å². The molecule has 4 heteroatoms. The van der Waals surface area contributed by atoms with Gasteiger partial charge < -0.3 is 4.74 Å². The highest BCUT2D eigenvalue weighted by molar-refractivity contribution is 7.13. The van der Waals surface area contributed by atoms with Gasteiger partial charge >= 0.3 is 0 Å². The van der Waals surface area contributed by atoms with E-state index in [1.807, 2.05) is 6.07 Å². The number of pyridine rings is 1. The maximum atomic E-state index is 5.23. The smallest absolute Gasteiger partial charge is 0.223 e. The average molecular weight is 208 g/mol. The Balaban J connectivity index is 2.74. The van der Waals surface area contributed by atoms with E-state index in [2.05, 4.69) is 23.2 Å². The summed E-state index contributed by atoms with van der Waals surface area (Å²) in [6, 6.07) is 1.97. The Morgan fingerprint density at radius 3 is 2.86 bits per heavy atom. The van der Waals surface area contributed by atoms with Crippen molar-refractivity contribution < 1.29 is 4.74 Å². The van der Waals surface area contributed by atoms with Crippen molar-refractivity contribution in [1.29, 1.82) is 0 Å². The van der Waals surface area contributed by atoms with E-state index in [9.17, 15) is 0 Å². The van der Waals surface area contributed by atoms with Crippen LogP contribution in [0.1, 0.15) is 25.5 Å².